The molecule has 1 aromatic rings. The van der Waals surface area contributed by atoms with Crippen molar-refractivity contribution in [2.75, 3.05) is 0 Å². The van der Waals surface area contributed by atoms with Crippen LogP contribution in [0.15, 0.2) is 36.9 Å². The minimum absolute atomic E-state index is 0.0445. The minimum atomic E-state index is 0.0445. The Kier molecular flexibility index (Phi) is 3.09. The molecule has 1 aliphatic carbocycles. The molecule has 0 atom stereocenters. The average molecular weight is 215 g/mol. The second-order valence-corrected chi connectivity index (χ2v) is 4.39. The van der Waals surface area contributed by atoms with Crippen LogP contribution < -0.4 is 0 Å². The summed E-state index contributed by atoms with van der Waals surface area (Å²) in [5, 5.41) is 0. The monoisotopic (exact) mass is 215 g/mol. The third-order valence-corrected chi connectivity index (χ3v) is 2.92. The summed E-state index contributed by atoms with van der Waals surface area (Å²) >= 11 is 0. The summed E-state index contributed by atoms with van der Waals surface area (Å²) in [7, 11) is 0. The van der Waals surface area contributed by atoms with Crippen LogP contribution in [0.25, 0.3) is 0 Å². The van der Waals surface area contributed by atoms with E-state index >= 15 is 0 Å². The van der Waals surface area contributed by atoms with E-state index in [4.69, 9.17) is 0 Å². The summed E-state index contributed by atoms with van der Waals surface area (Å²) in [5.74, 6) is 0.0445. The summed E-state index contributed by atoms with van der Waals surface area (Å²) in [6.45, 7) is 6.33. The fraction of sp³-hybridized carbons (Fsp3) is 0.357. The minimum Gasteiger partial charge on any atom is -0.332 e. The Morgan fingerprint density at radius 1 is 1.44 bits per heavy atom. The number of nitrogens with zero attached hydrogens (tertiary/aromatic N) is 1. The van der Waals surface area contributed by atoms with Gasteiger partial charge in [-0.15, -0.1) is 0 Å². The number of amides is 1. The number of rotatable bonds is 4. The van der Waals surface area contributed by atoms with E-state index in [1.807, 2.05) is 4.90 Å². The highest BCUT2D eigenvalue weighted by Gasteiger charge is 2.31. The van der Waals surface area contributed by atoms with Gasteiger partial charge >= 0.3 is 0 Å². The van der Waals surface area contributed by atoms with Gasteiger partial charge in [-0.25, -0.2) is 0 Å². The van der Waals surface area contributed by atoms with Crippen molar-refractivity contribution >= 4 is 5.91 Å². The molecule has 0 aliphatic heterocycles. The molecule has 1 saturated carbocycles. The van der Waals surface area contributed by atoms with Gasteiger partial charge in [0.2, 0.25) is 5.91 Å². The van der Waals surface area contributed by atoms with Crippen LogP contribution in [0.4, 0.5) is 0 Å². The number of benzene rings is 1. The summed E-state index contributed by atoms with van der Waals surface area (Å²) in [6.07, 6.45) is 3.67. The molecule has 16 heavy (non-hydrogen) atoms. The number of aryl methyl sites for hydroxylation is 1. The quantitative estimate of drug-likeness (QED) is 0.707. The lowest BCUT2D eigenvalue weighted by Gasteiger charge is -2.20. The van der Waals surface area contributed by atoms with Crippen LogP contribution in [0.5, 0.6) is 0 Å². The van der Waals surface area contributed by atoms with E-state index in [1.54, 1.807) is 0 Å². The molecule has 2 rings (SSSR count). The predicted molar refractivity (Wildman–Crippen MR) is 64.9 cm³/mol. The molecular weight excluding hydrogens is 198 g/mol. The molecule has 0 radical (unpaired) electrons. The summed E-state index contributed by atoms with van der Waals surface area (Å²) in [5.41, 5.74) is 2.43. The summed E-state index contributed by atoms with van der Waals surface area (Å²) in [6, 6.07) is 8.77. The Labute approximate surface area is 96.6 Å². The fourth-order valence-electron chi connectivity index (χ4n) is 1.78. The average Bonchev–Trinajstić information content (AvgIpc) is 3.11. The second kappa shape index (κ2) is 4.52. The van der Waals surface area contributed by atoms with Crippen LogP contribution in [0.1, 0.15) is 24.0 Å². The first-order valence-corrected chi connectivity index (χ1v) is 5.69. The van der Waals surface area contributed by atoms with Crippen molar-refractivity contribution in [2.45, 2.75) is 32.4 Å². The molecule has 1 aromatic carbocycles. The Morgan fingerprint density at radius 3 is 2.56 bits per heavy atom. The van der Waals surface area contributed by atoms with E-state index in [9.17, 15) is 4.79 Å². The zero-order chi connectivity index (χ0) is 11.5. The summed E-state index contributed by atoms with van der Waals surface area (Å²) in [4.78, 5) is 13.6. The fourth-order valence-corrected chi connectivity index (χ4v) is 1.78. The number of hydrogen-bond donors (Lipinski definition) is 0. The van der Waals surface area contributed by atoms with E-state index in [0.29, 0.717) is 12.6 Å². The van der Waals surface area contributed by atoms with Gasteiger partial charge in [-0.3, -0.25) is 4.79 Å². The lowest BCUT2D eigenvalue weighted by molar-refractivity contribution is -0.127. The van der Waals surface area contributed by atoms with Crippen LogP contribution in [0.2, 0.25) is 0 Å². The largest absolute Gasteiger partial charge is 0.332 e. The van der Waals surface area contributed by atoms with Gasteiger partial charge in [0.1, 0.15) is 0 Å². The summed E-state index contributed by atoms with van der Waals surface area (Å²) < 4.78 is 0. The first-order valence-electron chi connectivity index (χ1n) is 5.69. The highest BCUT2D eigenvalue weighted by Crippen LogP contribution is 2.28. The van der Waals surface area contributed by atoms with Gasteiger partial charge < -0.3 is 4.90 Å². The molecule has 84 valence electrons. The molecule has 2 heteroatoms. The predicted octanol–water partition coefficient (Wildman–Crippen LogP) is 2.67. The Morgan fingerprint density at radius 2 is 2.06 bits per heavy atom. The Bertz CT molecular complexity index is 390. The van der Waals surface area contributed by atoms with Crippen molar-refractivity contribution in [3.8, 4) is 0 Å². The molecule has 0 aromatic heterocycles. The van der Waals surface area contributed by atoms with Crippen LogP contribution in [0.3, 0.4) is 0 Å². The van der Waals surface area contributed by atoms with Gasteiger partial charge in [-0.1, -0.05) is 36.4 Å². The van der Waals surface area contributed by atoms with Gasteiger partial charge in [0.15, 0.2) is 0 Å². The van der Waals surface area contributed by atoms with Crippen molar-refractivity contribution in [1.29, 1.82) is 0 Å². The molecule has 1 amide bonds. The maximum absolute atomic E-state index is 11.7. The molecular formula is C14H17NO. The van der Waals surface area contributed by atoms with Crippen molar-refractivity contribution < 1.29 is 4.79 Å². The van der Waals surface area contributed by atoms with Crippen molar-refractivity contribution in [2.24, 2.45) is 0 Å². The Hall–Kier alpha value is -1.57. The van der Waals surface area contributed by atoms with E-state index in [-0.39, 0.29) is 5.91 Å². The maximum atomic E-state index is 11.7. The van der Waals surface area contributed by atoms with Gasteiger partial charge in [0.05, 0.1) is 0 Å². The molecule has 0 heterocycles. The Balaban J connectivity index is 2.08. The number of carbonyl (C=O) groups excluding carboxylic acids is 1. The van der Waals surface area contributed by atoms with Crippen LogP contribution >= 0.6 is 0 Å². The van der Waals surface area contributed by atoms with Gasteiger partial charge in [0, 0.05) is 12.6 Å². The van der Waals surface area contributed by atoms with E-state index in [0.717, 1.165) is 12.8 Å². The highest BCUT2D eigenvalue weighted by atomic mass is 16.2. The first-order chi connectivity index (χ1) is 7.70. The zero-order valence-corrected chi connectivity index (χ0v) is 9.65. The lowest BCUT2D eigenvalue weighted by atomic mass is 10.1. The molecule has 0 saturated heterocycles. The molecule has 0 bridgehead atoms. The maximum Gasteiger partial charge on any atom is 0.246 e. The van der Waals surface area contributed by atoms with Crippen LogP contribution in [-0.2, 0) is 11.3 Å². The van der Waals surface area contributed by atoms with Crippen molar-refractivity contribution in [1.82, 2.24) is 4.90 Å². The number of hydrogen-bond acceptors (Lipinski definition) is 1. The molecule has 1 aliphatic rings. The SMILES string of the molecule is C=CC(=O)N(Cc1ccc(C)cc1)C1CC1. The van der Waals surface area contributed by atoms with Crippen molar-refractivity contribution in [3.05, 3.63) is 48.0 Å². The van der Waals surface area contributed by atoms with Crippen molar-refractivity contribution in [3.63, 3.8) is 0 Å². The number of carbonyl (C=O) groups is 1. The first kappa shape index (κ1) is 10.9. The zero-order valence-electron chi connectivity index (χ0n) is 9.65. The molecule has 0 spiro atoms. The third kappa shape index (κ3) is 2.51. The van der Waals surface area contributed by atoms with E-state index in [2.05, 4.69) is 37.8 Å². The van der Waals surface area contributed by atoms with Gasteiger partial charge in [0.25, 0.3) is 0 Å². The third-order valence-electron chi connectivity index (χ3n) is 2.92. The molecule has 2 nitrogen and oxygen atoms in total. The normalized spacial score (nSPS) is 14.6. The van der Waals surface area contributed by atoms with Gasteiger partial charge in [-0.2, -0.15) is 0 Å². The molecule has 0 unspecified atom stereocenters. The van der Waals surface area contributed by atoms with E-state index < -0.39 is 0 Å². The molecule has 0 N–H and O–H groups in total. The highest BCUT2D eigenvalue weighted by molar-refractivity contribution is 5.87. The molecule has 1 fully saturated rings. The van der Waals surface area contributed by atoms with Crippen LogP contribution in [-0.4, -0.2) is 16.8 Å². The lowest BCUT2D eigenvalue weighted by Crippen LogP contribution is -2.30. The van der Waals surface area contributed by atoms with Gasteiger partial charge in [-0.05, 0) is 31.4 Å². The topological polar surface area (TPSA) is 20.3 Å². The standard InChI is InChI=1S/C14H17NO/c1-3-14(16)15(13-8-9-13)10-12-6-4-11(2)5-7-12/h3-7,13H,1,8-10H2,2H3. The van der Waals surface area contributed by atoms with E-state index in [1.165, 1.54) is 17.2 Å². The second-order valence-electron chi connectivity index (χ2n) is 4.39. The van der Waals surface area contributed by atoms with Crippen LogP contribution in [0, 0.1) is 6.92 Å². The smallest absolute Gasteiger partial charge is 0.246 e.